The first-order valence-corrected chi connectivity index (χ1v) is 3.53. The lowest BCUT2D eigenvalue weighted by molar-refractivity contribution is 0.103. The summed E-state index contributed by atoms with van der Waals surface area (Å²) >= 11 is 1.19. The Morgan fingerprint density at radius 1 is 1.60 bits per heavy atom. The maximum absolute atomic E-state index is 10.7. The van der Waals surface area contributed by atoms with Crippen molar-refractivity contribution in [2.45, 2.75) is 0 Å². The highest BCUT2D eigenvalue weighted by Gasteiger charge is 2.21. The molecule has 1 aromatic heterocycles. The molecule has 0 saturated carbocycles. The van der Waals surface area contributed by atoms with E-state index in [1.165, 1.54) is 11.3 Å². The summed E-state index contributed by atoms with van der Waals surface area (Å²) in [7, 11) is -1.88. The molecule has 0 amide bonds. The Morgan fingerprint density at radius 3 is 2.70 bits per heavy atom. The Labute approximate surface area is 62.1 Å². The number of carbonyl (C=O) groups is 1. The molecule has 0 aliphatic rings. The molecule has 0 saturated heterocycles. The van der Waals surface area contributed by atoms with E-state index in [0.717, 1.165) is 0 Å². The fourth-order valence-corrected chi connectivity index (χ4v) is 1.23. The van der Waals surface area contributed by atoms with Gasteiger partial charge in [0.25, 0.3) is 0 Å². The fraction of sp³-hybridized carbons (Fsp3) is 0. The van der Waals surface area contributed by atoms with Crippen molar-refractivity contribution in [1.29, 1.82) is 0 Å². The quantitative estimate of drug-likeness (QED) is 0.589. The molecule has 0 radical (unpaired) electrons. The summed E-state index contributed by atoms with van der Waals surface area (Å²) in [6.07, 6.45) is 0. The van der Waals surface area contributed by atoms with Crippen LogP contribution >= 0.6 is 11.3 Å². The Balaban J connectivity index is 2.78. The van der Waals surface area contributed by atoms with Gasteiger partial charge >= 0.3 is 7.12 Å². The van der Waals surface area contributed by atoms with Gasteiger partial charge in [-0.15, -0.1) is 11.3 Å². The predicted octanol–water partition coefficient (Wildman–Crippen LogP) is -0.0572. The first-order chi connectivity index (χ1) is 4.72. The molecule has 0 aliphatic carbocycles. The van der Waals surface area contributed by atoms with Gasteiger partial charge in [-0.05, 0) is 11.4 Å². The maximum atomic E-state index is 10.7. The van der Waals surface area contributed by atoms with Crippen LogP contribution in [0.15, 0.2) is 17.5 Å². The lowest BCUT2D eigenvalue weighted by Crippen LogP contribution is -2.24. The molecule has 5 heteroatoms. The number of rotatable bonds is 2. The molecule has 2 N–H and O–H groups in total. The third-order valence-corrected chi connectivity index (χ3v) is 1.88. The van der Waals surface area contributed by atoms with Crippen molar-refractivity contribution in [1.82, 2.24) is 0 Å². The van der Waals surface area contributed by atoms with Crippen LogP contribution in [-0.2, 0) is 0 Å². The van der Waals surface area contributed by atoms with Crippen LogP contribution in [0.1, 0.15) is 9.67 Å². The Kier molecular flexibility index (Phi) is 2.21. The van der Waals surface area contributed by atoms with Crippen LogP contribution in [-0.4, -0.2) is 22.8 Å². The van der Waals surface area contributed by atoms with E-state index in [9.17, 15) is 4.79 Å². The highest BCUT2D eigenvalue weighted by molar-refractivity contribution is 7.14. The molecule has 0 fully saturated rings. The Hall–Kier alpha value is -0.645. The van der Waals surface area contributed by atoms with Crippen LogP contribution in [0.2, 0.25) is 0 Å². The van der Waals surface area contributed by atoms with E-state index in [1.807, 2.05) is 0 Å². The van der Waals surface area contributed by atoms with E-state index in [0.29, 0.717) is 4.88 Å². The van der Waals surface area contributed by atoms with Crippen molar-refractivity contribution in [2.24, 2.45) is 0 Å². The van der Waals surface area contributed by atoms with E-state index >= 15 is 0 Å². The normalized spacial score (nSPS) is 9.40. The van der Waals surface area contributed by atoms with Crippen molar-refractivity contribution < 1.29 is 14.8 Å². The van der Waals surface area contributed by atoms with Gasteiger partial charge in [-0.1, -0.05) is 6.07 Å². The minimum Gasteiger partial charge on any atom is -0.421 e. The SMILES string of the molecule is O=C(B(O)O)c1cccs1. The van der Waals surface area contributed by atoms with Crippen molar-refractivity contribution in [3.63, 3.8) is 0 Å². The van der Waals surface area contributed by atoms with Gasteiger partial charge in [-0.25, -0.2) is 0 Å². The summed E-state index contributed by atoms with van der Waals surface area (Å²) < 4.78 is 0. The van der Waals surface area contributed by atoms with Crippen LogP contribution in [0.25, 0.3) is 0 Å². The smallest absolute Gasteiger partial charge is 0.421 e. The third-order valence-electron chi connectivity index (χ3n) is 0.999. The van der Waals surface area contributed by atoms with Gasteiger partial charge in [0.05, 0.1) is 4.88 Å². The molecule has 0 bridgehead atoms. The van der Waals surface area contributed by atoms with Crippen molar-refractivity contribution in [3.8, 4) is 0 Å². The molecule has 1 heterocycles. The topological polar surface area (TPSA) is 57.5 Å². The van der Waals surface area contributed by atoms with E-state index in [2.05, 4.69) is 0 Å². The van der Waals surface area contributed by atoms with E-state index in [-0.39, 0.29) is 0 Å². The number of carbonyl (C=O) groups excluding carboxylic acids is 1. The van der Waals surface area contributed by atoms with Crippen LogP contribution in [0.3, 0.4) is 0 Å². The van der Waals surface area contributed by atoms with Gasteiger partial charge in [0.15, 0.2) is 0 Å². The summed E-state index contributed by atoms with van der Waals surface area (Å²) in [6.45, 7) is 0. The number of thiophene rings is 1. The molecule has 0 aromatic carbocycles. The molecule has 0 atom stereocenters. The standard InChI is InChI=1S/C5H5BO3S/c7-5(6(8)9)4-2-1-3-10-4/h1-3,8-9H. The van der Waals surface area contributed by atoms with Gasteiger partial charge in [-0.3, -0.25) is 4.79 Å². The van der Waals surface area contributed by atoms with Crippen molar-refractivity contribution >= 4 is 24.1 Å². The molecule has 1 aromatic rings. The molecule has 52 valence electrons. The highest BCUT2D eigenvalue weighted by Crippen LogP contribution is 2.08. The largest absolute Gasteiger partial charge is 0.533 e. The molecular formula is C5H5BO3S. The number of hydrogen-bond donors (Lipinski definition) is 2. The summed E-state index contributed by atoms with van der Waals surface area (Å²) in [5.41, 5.74) is -0.644. The molecule has 0 unspecified atom stereocenters. The van der Waals surface area contributed by atoms with Crippen molar-refractivity contribution in [2.75, 3.05) is 0 Å². The van der Waals surface area contributed by atoms with Crippen LogP contribution in [0, 0.1) is 0 Å². The van der Waals surface area contributed by atoms with Crippen molar-refractivity contribution in [3.05, 3.63) is 22.4 Å². The minimum absolute atomic E-state index is 0.370. The zero-order valence-corrected chi connectivity index (χ0v) is 5.84. The summed E-state index contributed by atoms with van der Waals surface area (Å²) in [4.78, 5) is 11.1. The average Bonchev–Trinajstić information content (AvgIpc) is 2.36. The Morgan fingerprint density at radius 2 is 2.30 bits per heavy atom. The van der Waals surface area contributed by atoms with Gasteiger partial charge in [0.2, 0.25) is 5.68 Å². The number of hydrogen-bond acceptors (Lipinski definition) is 4. The maximum Gasteiger partial charge on any atom is 0.533 e. The monoisotopic (exact) mass is 156 g/mol. The predicted molar refractivity (Wildman–Crippen MR) is 38.8 cm³/mol. The lowest BCUT2D eigenvalue weighted by atomic mass is 9.84. The molecule has 0 spiro atoms. The fourth-order valence-electron chi connectivity index (χ4n) is 0.546. The summed E-state index contributed by atoms with van der Waals surface area (Å²) in [6, 6.07) is 3.23. The molecule has 10 heavy (non-hydrogen) atoms. The van der Waals surface area contributed by atoms with Gasteiger partial charge in [-0.2, -0.15) is 0 Å². The van der Waals surface area contributed by atoms with Crippen LogP contribution in [0.5, 0.6) is 0 Å². The molecule has 0 aliphatic heterocycles. The van der Waals surface area contributed by atoms with Gasteiger partial charge in [0.1, 0.15) is 0 Å². The Bertz CT molecular complexity index is 219. The van der Waals surface area contributed by atoms with Gasteiger partial charge < -0.3 is 10.0 Å². The zero-order chi connectivity index (χ0) is 7.56. The van der Waals surface area contributed by atoms with E-state index in [1.54, 1.807) is 17.5 Å². The summed E-state index contributed by atoms with van der Waals surface area (Å²) in [5, 5.41) is 18.5. The molecule has 3 nitrogen and oxygen atoms in total. The van der Waals surface area contributed by atoms with Crippen LogP contribution in [0.4, 0.5) is 0 Å². The third kappa shape index (κ3) is 1.44. The first kappa shape index (κ1) is 7.46. The lowest BCUT2D eigenvalue weighted by Gasteiger charge is -1.91. The van der Waals surface area contributed by atoms with E-state index < -0.39 is 12.8 Å². The summed E-state index contributed by atoms with van der Waals surface area (Å²) in [5.74, 6) is 0. The van der Waals surface area contributed by atoms with Gasteiger partial charge in [0, 0.05) is 0 Å². The second kappa shape index (κ2) is 2.96. The average molecular weight is 156 g/mol. The highest BCUT2D eigenvalue weighted by atomic mass is 32.1. The first-order valence-electron chi connectivity index (χ1n) is 2.65. The second-order valence-corrected chi connectivity index (χ2v) is 2.66. The second-order valence-electron chi connectivity index (χ2n) is 1.72. The minimum atomic E-state index is -1.88. The molecule has 1 rings (SSSR count). The van der Waals surface area contributed by atoms with E-state index in [4.69, 9.17) is 10.0 Å². The molecular weight excluding hydrogens is 151 g/mol. The zero-order valence-electron chi connectivity index (χ0n) is 5.02. The van der Waals surface area contributed by atoms with Crippen LogP contribution < -0.4 is 0 Å².